The number of carbonyl (C=O) groups is 1. The highest BCUT2D eigenvalue weighted by atomic mass is 16.5. The molecule has 0 spiro atoms. The van der Waals surface area contributed by atoms with Crippen molar-refractivity contribution in [3.8, 4) is 5.75 Å². The highest BCUT2D eigenvalue weighted by Crippen LogP contribution is 2.23. The van der Waals surface area contributed by atoms with Gasteiger partial charge in [-0.3, -0.25) is 4.79 Å². The van der Waals surface area contributed by atoms with Gasteiger partial charge in [-0.05, 0) is 38.7 Å². The number of aldehydes is 1. The predicted molar refractivity (Wildman–Crippen MR) is 60.5 cm³/mol. The molecule has 0 aromatic heterocycles. The van der Waals surface area contributed by atoms with Crippen molar-refractivity contribution in [3.63, 3.8) is 0 Å². The normalized spacial score (nSPS) is 12.6. The highest BCUT2D eigenvalue weighted by Gasteiger charge is 2.10. The molecule has 0 aliphatic heterocycles. The van der Waals surface area contributed by atoms with E-state index in [1.807, 2.05) is 32.3 Å². The molecule has 15 heavy (non-hydrogen) atoms. The summed E-state index contributed by atoms with van der Waals surface area (Å²) in [6.45, 7) is 2.09. The molecule has 3 heteroatoms. The number of rotatable bonds is 4. The molecule has 3 nitrogen and oxygen atoms in total. The average Bonchev–Trinajstić information content (AvgIpc) is 2.26. The first-order chi connectivity index (χ1) is 7.10. The molecule has 0 saturated heterocycles. The van der Waals surface area contributed by atoms with Crippen LogP contribution in [0.4, 0.5) is 0 Å². The van der Waals surface area contributed by atoms with Crippen LogP contribution in [-0.2, 0) is 0 Å². The van der Waals surface area contributed by atoms with Crippen molar-refractivity contribution in [2.24, 2.45) is 0 Å². The first-order valence-corrected chi connectivity index (χ1v) is 4.89. The number of nitrogens with zero attached hydrogens (tertiary/aromatic N) is 1. The van der Waals surface area contributed by atoms with Crippen molar-refractivity contribution in [3.05, 3.63) is 29.3 Å². The first kappa shape index (κ1) is 11.7. The summed E-state index contributed by atoms with van der Waals surface area (Å²) in [6.07, 6.45) is 0.824. The summed E-state index contributed by atoms with van der Waals surface area (Å²) in [6, 6.07) is 5.97. The fraction of sp³-hybridized carbons (Fsp3) is 0.417. The predicted octanol–water partition coefficient (Wildman–Crippen LogP) is 2.13. The van der Waals surface area contributed by atoms with Crippen molar-refractivity contribution in [1.82, 2.24) is 4.90 Å². The van der Waals surface area contributed by atoms with Gasteiger partial charge in [0.1, 0.15) is 5.75 Å². The smallest absolute Gasteiger partial charge is 0.153 e. The van der Waals surface area contributed by atoms with Crippen molar-refractivity contribution in [1.29, 1.82) is 0 Å². The van der Waals surface area contributed by atoms with Gasteiger partial charge in [-0.1, -0.05) is 6.07 Å². The lowest BCUT2D eigenvalue weighted by atomic mass is 10.0. The van der Waals surface area contributed by atoms with Crippen LogP contribution in [-0.4, -0.2) is 32.4 Å². The first-order valence-electron chi connectivity index (χ1n) is 4.89. The number of carbonyl (C=O) groups excluding carboxylic acids is 1. The van der Waals surface area contributed by atoms with Gasteiger partial charge < -0.3 is 9.64 Å². The Hall–Kier alpha value is -1.35. The van der Waals surface area contributed by atoms with E-state index in [0.29, 0.717) is 11.3 Å². The fourth-order valence-electron chi connectivity index (χ4n) is 1.40. The standard InChI is InChI=1S/C12H17NO2/c1-9(13(2)3)10-5-6-12(15-4)11(7-10)8-14/h5-9H,1-4H3. The van der Waals surface area contributed by atoms with Gasteiger partial charge in [0, 0.05) is 6.04 Å². The number of methoxy groups -OCH3 is 1. The molecule has 1 unspecified atom stereocenters. The van der Waals surface area contributed by atoms with E-state index in [1.54, 1.807) is 7.11 Å². The van der Waals surface area contributed by atoms with Crippen LogP contribution in [0.25, 0.3) is 0 Å². The molecule has 1 aromatic rings. The third-order valence-corrected chi connectivity index (χ3v) is 2.64. The van der Waals surface area contributed by atoms with Gasteiger partial charge in [-0.2, -0.15) is 0 Å². The van der Waals surface area contributed by atoms with Crippen LogP contribution in [0.2, 0.25) is 0 Å². The molecule has 1 aromatic carbocycles. The lowest BCUT2D eigenvalue weighted by Gasteiger charge is -2.20. The van der Waals surface area contributed by atoms with Crippen LogP contribution in [0, 0.1) is 0 Å². The SMILES string of the molecule is COc1ccc(C(C)N(C)C)cc1C=O. The summed E-state index contributed by atoms with van der Waals surface area (Å²) in [4.78, 5) is 12.9. The molecule has 0 amide bonds. The maximum atomic E-state index is 10.8. The second kappa shape index (κ2) is 4.94. The quantitative estimate of drug-likeness (QED) is 0.708. The molecule has 1 rings (SSSR count). The minimum absolute atomic E-state index is 0.287. The Morgan fingerprint density at radius 3 is 2.53 bits per heavy atom. The molecule has 0 heterocycles. The Morgan fingerprint density at radius 2 is 2.07 bits per heavy atom. The monoisotopic (exact) mass is 207 g/mol. The van der Waals surface area contributed by atoms with Gasteiger partial charge in [0.2, 0.25) is 0 Å². The van der Waals surface area contributed by atoms with E-state index in [4.69, 9.17) is 4.74 Å². The second-order valence-electron chi connectivity index (χ2n) is 3.76. The van der Waals surface area contributed by atoms with Gasteiger partial charge in [0.15, 0.2) is 6.29 Å². The summed E-state index contributed by atoms with van der Waals surface area (Å²) in [7, 11) is 5.59. The van der Waals surface area contributed by atoms with Gasteiger partial charge in [-0.25, -0.2) is 0 Å². The molecule has 0 aliphatic carbocycles. The Morgan fingerprint density at radius 1 is 1.40 bits per heavy atom. The van der Waals surface area contributed by atoms with Gasteiger partial charge in [-0.15, -0.1) is 0 Å². The Balaban J connectivity index is 3.08. The molecule has 0 saturated carbocycles. The van der Waals surface area contributed by atoms with Crippen molar-refractivity contribution in [2.75, 3.05) is 21.2 Å². The summed E-state index contributed by atoms with van der Waals surface area (Å²) in [5.74, 6) is 0.625. The molecule has 0 radical (unpaired) electrons. The van der Waals surface area contributed by atoms with Crippen molar-refractivity contribution in [2.45, 2.75) is 13.0 Å². The molecule has 1 atom stereocenters. The van der Waals surface area contributed by atoms with E-state index in [0.717, 1.165) is 11.8 Å². The lowest BCUT2D eigenvalue weighted by Crippen LogP contribution is -2.16. The van der Waals surface area contributed by atoms with Gasteiger partial charge in [0.05, 0.1) is 12.7 Å². The summed E-state index contributed by atoms with van der Waals surface area (Å²) in [5.41, 5.74) is 1.71. The third kappa shape index (κ3) is 2.57. The molecule has 0 N–H and O–H groups in total. The van der Waals surface area contributed by atoms with Crippen LogP contribution in [0.5, 0.6) is 5.75 Å². The number of hydrogen-bond acceptors (Lipinski definition) is 3. The van der Waals surface area contributed by atoms with E-state index in [2.05, 4.69) is 11.8 Å². The molecular weight excluding hydrogens is 190 g/mol. The van der Waals surface area contributed by atoms with E-state index in [-0.39, 0.29) is 6.04 Å². The number of ether oxygens (including phenoxy) is 1. The van der Waals surface area contributed by atoms with E-state index >= 15 is 0 Å². The van der Waals surface area contributed by atoms with E-state index in [1.165, 1.54) is 0 Å². The highest BCUT2D eigenvalue weighted by molar-refractivity contribution is 5.79. The molecule has 0 aliphatic rings. The van der Waals surface area contributed by atoms with Crippen LogP contribution >= 0.6 is 0 Å². The zero-order chi connectivity index (χ0) is 11.4. The van der Waals surface area contributed by atoms with Gasteiger partial charge >= 0.3 is 0 Å². The second-order valence-corrected chi connectivity index (χ2v) is 3.76. The summed E-state index contributed by atoms with van der Waals surface area (Å²) in [5, 5.41) is 0. The van der Waals surface area contributed by atoms with Crippen LogP contribution in [0.1, 0.15) is 28.9 Å². The Labute approximate surface area is 90.7 Å². The molecule has 82 valence electrons. The largest absolute Gasteiger partial charge is 0.496 e. The van der Waals surface area contributed by atoms with E-state index in [9.17, 15) is 4.79 Å². The summed E-state index contributed by atoms with van der Waals surface area (Å²) >= 11 is 0. The molecular formula is C12H17NO2. The minimum atomic E-state index is 0.287. The minimum Gasteiger partial charge on any atom is -0.496 e. The molecule has 0 bridgehead atoms. The molecule has 0 fully saturated rings. The Kier molecular flexibility index (Phi) is 3.86. The number of benzene rings is 1. The average molecular weight is 207 g/mol. The zero-order valence-corrected chi connectivity index (χ0v) is 9.65. The van der Waals surface area contributed by atoms with E-state index < -0.39 is 0 Å². The van der Waals surface area contributed by atoms with Gasteiger partial charge in [0.25, 0.3) is 0 Å². The van der Waals surface area contributed by atoms with Crippen molar-refractivity contribution >= 4 is 6.29 Å². The maximum Gasteiger partial charge on any atom is 0.153 e. The van der Waals surface area contributed by atoms with Crippen LogP contribution in [0.3, 0.4) is 0 Å². The van der Waals surface area contributed by atoms with Crippen LogP contribution < -0.4 is 4.74 Å². The Bertz CT molecular complexity index is 347. The maximum absolute atomic E-state index is 10.8. The number of hydrogen-bond donors (Lipinski definition) is 0. The lowest BCUT2D eigenvalue weighted by molar-refractivity contribution is 0.112. The fourth-order valence-corrected chi connectivity index (χ4v) is 1.40. The summed E-state index contributed by atoms with van der Waals surface area (Å²) < 4.78 is 5.09. The topological polar surface area (TPSA) is 29.5 Å². The van der Waals surface area contributed by atoms with Crippen LogP contribution in [0.15, 0.2) is 18.2 Å². The van der Waals surface area contributed by atoms with Crippen molar-refractivity contribution < 1.29 is 9.53 Å². The zero-order valence-electron chi connectivity index (χ0n) is 9.65. The third-order valence-electron chi connectivity index (χ3n) is 2.64.